The van der Waals surface area contributed by atoms with Gasteiger partial charge in [-0.25, -0.2) is 0 Å². The SMILES string of the molecule is CNNC.Nc1ccc(-c2ccccc2)cc1. The van der Waals surface area contributed by atoms with E-state index in [-0.39, 0.29) is 0 Å². The fraction of sp³-hybridized carbons (Fsp3) is 0.143. The van der Waals surface area contributed by atoms with Gasteiger partial charge in [-0.05, 0) is 37.4 Å². The van der Waals surface area contributed by atoms with Crippen LogP contribution >= 0.6 is 0 Å². The number of hydrogen-bond donors (Lipinski definition) is 3. The molecule has 2 aromatic carbocycles. The fourth-order valence-corrected chi connectivity index (χ4v) is 1.31. The number of nitrogen functional groups attached to an aromatic ring is 1. The molecule has 0 fully saturated rings. The zero-order valence-electron chi connectivity index (χ0n) is 10.3. The summed E-state index contributed by atoms with van der Waals surface area (Å²) < 4.78 is 0. The Labute approximate surface area is 103 Å². The van der Waals surface area contributed by atoms with Crippen molar-refractivity contribution in [1.29, 1.82) is 0 Å². The molecule has 3 nitrogen and oxygen atoms in total. The highest BCUT2D eigenvalue weighted by Crippen LogP contribution is 2.19. The summed E-state index contributed by atoms with van der Waals surface area (Å²) in [6, 6.07) is 18.2. The third-order valence-corrected chi connectivity index (χ3v) is 2.27. The Morgan fingerprint density at radius 2 is 1.18 bits per heavy atom. The zero-order valence-corrected chi connectivity index (χ0v) is 10.3. The molecule has 0 saturated heterocycles. The second-order valence-corrected chi connectivity index (χ2v) is 3.49. The van der Waals surface area contributed by atoms with Crippen molar-refractivity contribution >= 4 is 5.69 Å². The molecule has 0 aliphatic heterocycles. The summed E-state index contributed by atoms with van der Waals surface area (Å²) >= 11 is 0. The summed E-state index contributed by atoms with van der Waals surface area (Å²) in [6.07, 6.45) is 0. The van der Waals surface area contributed by atoms with Crippen molar-refractivity contribution in [1.82, 2.24) is 10.9 Å². The average Bonchev–Trinajstić information content (AvgIpc) is 2.41. The van der Waals surface area contributed by atoms with Gasteiger partial charge in [-0.1, -0.05) is 42.5 Å². The van der Waals surface area contributed by atoms with Gasteiger partial charge in [-0.2, -0.15) is 0 Å². The minimum absolute atomic E-state index is 0.805. The quantitative estimate of drug-likeness (QED) is 0.547. The number of rotatable bonds is 2. The molecule has 0 bridgehead atoms. The Hall–Kier alpha value is -1.84. The molecule has 2 rings (SSSR count). The monoisotopic (exact) mass is 229 g/mol. The Balaban J connectivity index is 0.000000317. The number of hydrazine groups is 1. The first-order chi connectivity index (χ1) is 8.27. The third kappa shape index (κ3) is 4.68. The number of anilines is 1. The molecule has 0 heterocycles. The maximum Gasteiger partial charge on any atom is 0.0314 e. The highest BCUT2D eigenvalue weighted by Gasteiger charge is 1.94. The highest BCUT2D eigenvalue weighted by molar-refractivity contribution is 5.65. The molecule has 0 radical (unpaired) electrons. The molecule has 3 heteroatoms. The summed E-state index contributed by atoms with van der Waals surface area (Å²) in [5, 5.41) is 0. The fourth-order valence-electron chi connectivity index (χ4n) is 1.31. The van der Waals surface area contributed by atoms with Gasteiger partial charge in [0.1, 0.15) is 0 Å². The zero-order chi connectivity index (χ0) is 12.5. The van der Waals surface area contributed by atoms with Crippen LogP contribution in [0.2, 0.25) is 0 Å². The lowest BCUT2D eigenvalue weighted by Crippen LogP contribution is -2.21. The maximum absolute atomic E-state index is 5.60. The maximum atomic E-state index is 5.60. The van der Waals surface area contributed by atoms with Crippen molar-refractivity contribution in [3.05, 3.63) is 54.6 Å². The molecule has 17 heavy (non-hydrogen) atoms. The van der Waals surface area contributed by atoms with Crippen molar-refractivity contribution in [2.24, 2.45) is 0 Å². The third-order valence-electron chi connectivity index (χ3n) is 2.27. The van der Waals surface area contributed by atoms with Crippen molar-refractivity contribution in [3.8, 4) is 11.1 Å². The van der Waals surface area contributed by atoms with E-state index in [0.29, 0.717) is 0 Å². The summed E-state index contributed by atoms with van der Waals surface area (Å²) in [5.74, 6) is 0. The molecule has 4 N–H and O–H groups in total. The van der Waals surface area contributed by atoms with E-state index in [0.717, 1.165) is 5.69 Å². The van der Waals surface area contributed by atoms with Gasteiger partial charge in [0.2, 0.25) is 0 Å². The van der Waals surface area contributed by atoms with Crippen molar-refractivity contribution < 1.29 is 0 Å². The molecule has 0 atom stereocenters. The minimum Gasteiger partial charge on any atom is -0.399 e. The molecule has 0 aromatic heterocycles. The number of nitrogens with two attached hydrogens (primary N) is 1. The normalized spacial score (nSPS) is 9.29. The van der Waals surface area contributed by atoms with Gasteiger partial charge in [0.05, 0.1) is 0 Å². The lowest BCUT2D eigenvalue weighted by molar-refractivity contribution is 0.689. The van der Waals surface area contributed by atoms with Gasteiger partial charge in [0.15, 0.2) is 0 Å². The van der Waals surface area contributed by atoms with Crippen LogP contribution in [0.5, 0.6) is 0 Å². The molecule has 90 valence electrons. The van der Waals surface area contributed by atoms with Crippen molar-refractivity contribution in [2.45, 2.75) is 0 Å². The van der Waals surface area contributed by atoms with Crippen LogP contribution in [0.3, 0.4) is 0 Å². The van der Waals surface area contributed by atoms with E-state index in [2.05, 4.69) is 23.0 Å². The largest absolute Gasteiger partial charge is 0.399 e. The first-order valence-electron chi connectivity index (χ1n) is 5.52. The van der Waals surface area contributed by atoms with E-state index in [1.54, 1.807) is 0 Å². The van der Waals surface area contributed by atoms with E-state index in [1.165, 1.54) is 11.1 Å². The van der Waals surface area contributed by atoms with Gasteiger partial charge < -0.3 is 5.73 Å². The van der Waals surface area contributed by atoms with Gasteiger partial charge in [-0.3, -0.25) is 10.9 Å². The summed E-state index contributed by atoms with van der Waals surface area (Å²) in [5.41, 5.74) is 14.2. The van der Waals surface area contributed by atoms with Crippen LogP contribution in [0.15, 0.2) is 54.6 Å². The molecular weight excluding hydrogens is 210 g/mol. The van der Waals surface area contributed by atoms with E-state index in [9.17, 15) is 0 Å². The lowest BCUT2D eigenvalue weighted by Gasteiger charge is -2.00. The Morgan fingerprint density at radius 1 is 0.706 bits per heavy atom. The first-order valence-corrected chi connectivity index (χ1v) is 5.52. The minimum atomic E-state index is 0.805. The topological polar surface area (TPSA) is 50.1 Å². The van der Waals surface area contributed by atoms with Crippen LogP contribution in [0.1, 0.15) is 0 Å². The molecule has 0 saturated carbocycles. The predicted molar refractivity (Wildman–Crippen MR) is 74.4 cm³/mol. The van der Waals surface area contributed by atoms with Crippen LogP contribution < -0.4 is 16.6 Å². The number of nitrogens with one attached hydrogen (secondary N) is 2. The molecule has 0 aliphatic carbocycles. The van der Waals surface area contributed by atoms with Gasteiger partial charge in [0.25, 0.3) is 0 Å². The van der Waals surface area contributed by atoms with Crippen molar-refractivity contribution in [2.75, 3.05) is 19.8 Å². The molecule has 0 spiro atoms. The Bertz CT molecular complexity index is 407. The second kappa shape index (κ2) is 7.44. The molecule has 0 aliphatic rings. The molecule has 0 amide bonds. The van der Waals surface area contributed by atoms with Gasteiger partial charge in [0, 0.05) is 5.69 Å². The van der Waals surface area contributed by atoms with E-state index >= 15 is 0 Å². The van der Waals surface area contributed by atoms with E-state index in [4.69, 9.17) is 5.73 Å². The van der Waals surface area contributed by atoms with Crippen LogP contribution in [-0.4, -0.2) is 14.1 Å². The Kier molecular flexibility index (Phi) is 5.79. The summed E-state index contributed by atoms with van der Waals surface area (Å²) in [7, 11) is 3.64. The van der Waals surface area contributed by atoms with Gasteiger partial charge >= 0.3 is 0 Å². The number of hydrogen-bond acceptors (Lipinski definition) is 3. The predicted octanol–water partition coefficient (Wildman–Crippen LogP) is 2.28. The molecule has 2 aromatic rings. The van der Waals surface area contributed by atoms with Crippen LogP contribution in [-0.2, 0) is 0 Å². The standard InChI is InChI=1S/C12H11N.C2H8N2/c13-12-8-6-11(7-9-12)10-4-2-1-3-5-10;1-3-4-2/h1-9H,13H2;3-4H,1-2H3. The van der Waals surface area contributed by atoms with Crippen LogP contribution in [0.25, 0.3) is 11.1 Å². The van der Waals surface area contributed by atoms with E-state index in [1.807, 2.05) is 56.6 Å². The highest BCUT2D eigenvalue weighted by atomic mass is 15.3. The molecular formula is C14H19N3. The van der Waals surface area contributed by atoms with E-state index < -0.39 is 0 Å². The first kappa shape index (κ1) is 13.2. The Morgan fingerprint density at radius 3 is 1.65 bits per heavy atom. The summed E-state index contributed by atoms with van der Waals surface area (Å²) in [6.45, 7) is 0. The molecule has 0 unspecified atom stereocenters. The number of benzene rings is 2. The van der Waals surface area contributed by atoms with Crippen LogP contribution in [0, 0.1) is 0 Å². The average molecular weight is 229 g/mol. The lowest BCUT2D eigenvalue weighted by atomic mass is 10.1. The summed E-state index contributed by atoms with van der Waals surface area (Å²) in [4.78, 5) is 0. The smallest absolute Gasteiger partial charge is 0.0314 e. The second-order valence-electron chi connectivity index (χ2n) is 3.49. The van der Waals surface area contributed by atoms with Crippen LogP contribution in [0.4, 0.5) is 5.69 Å². The van der Waals surface area contributed by atoms with Crippen molar-refractivity contribution in [3.63, 3.8) is 0 Å². The van der Waals surface area contributed by atoms with Gasteiger partial charge in [-0.15, -0.1) is 0 Å².